The molecule has 0 atom stereocenters. The SMILES string of the molecule is O=c1[nH]cc(F)c(=O)n1COCCCCCCCl. The van der Waals surface area contributed by atoms with Crippen molar-refractivity contribution in [3.8, 4) is 0 Å². The van der Waals surface area contributed by atoms with Gasteiger partial charge in [0.15, 0.2) is 0 Å². The highest BCUT2D eigenvalue weighted by molar-refractivity contribution is 6.17. The third-order valence-electron chi connectivity index (χ3n) is 2.41. The lowest BCUT2D eigenvalue weighted by molar-refractivity contribution is 0.0678. The van der Waals surface area contributed by atoms with E-state index in [2.05, 4.69) is 4.98 Å². The van der Waals surface area contributed by atoms with Gasteiger partial charge in [-0.2, -0.15) is 4.39 Å². The molecule has 1 rings (SSSR count). The molecule has 1 aromatic heterocycles. The van der Waals surface area contributed by atoms with E-state index in [9.17, 15) is 14.0 Å². The minimum Gasteiger partial charge on any atom is -0.360 e. The fraction of sp³-hybridized carbons (Fsp3) is 0.636. The van der Waals surface area contributed by atoms with Crippen molar-refractivity contribution in [1.82, 2.24) is 9.55 Å². The zero-order valence-electron chi connectivity index (χ0n) is 9.95. The number of ether oxygens (including phenoxy) is 1. The van der Waals surface area contributed by atoms with Gasteiger partial charge in [0.25, 0.3) is 5.56 Å². The van der Waals surface area contributed by atoms with Gasteiger partial charge in [0.1, 0.15) is 6.73 Å². The second kappa shape index (κ2) is 8.05. The number of unbranched alkanes of at least 4 members (excludes halogenated alkanes) is 3. The van der Waals surface area contributed by atoms with E-state index < -0.39 is 17.1 Å². The zero-order chi connectivity index (χ0) is 13.4. The fourth-order valence-corrected chi connectivity index (χ4v) is 1.60. The van der Waals surface area contributed by atoms with Crippen molar-refractivity contribution < 1.29 is 9.13 Å². The Morgan fingerprint density at radius 3 is 2.72 bits per heavy atom. The monoisotopic (exact) mass is 278 g/mol. The summed E-state index contributed by atoms with van der Waals surface area (Å²) >= 11 is 5.53. The molecule has 0 aliphatic carbocycles. The first kappa shape index (κ1) is 14.9. The van der Waals surface area contributed by atoms with E-state index in [1.165, 1.54) is 0 Å². The van der Waals surface area contributed by atoms with Gasteiger partial charge in [-0.15, -0.1) is 11.6 Å². The van der Waals surface area contributed by atoms with Crippen LogP contribution in [0.5, 0.6) is 0 Å². The van der Waals surface area contributed by atoms with Crippen molar-refractivity contribution in [2.45, 2.75) is 32.4 Å². The third-order valence-corrected chi connectivity index (χ3v) is 2.68. The van der Waals surface area contributed by atoms with Gasteiger partial charge in [-0.3, -0.25) is 4.79 Å². The topological polar surface area (TPSA) is 64.1 Å². The van der Waals surface area contributed by atoms with Crippen molar-refractivity contribution in [1.29, 1.82) is 0 Å². The minimum atomic E-state index is -1.000. The Hall–Kier alpha value is -1.14. The number of alkyl halides is 1. The number of rotatable bonds is 8. The summed E-state index contributed by atoms with van der Waals surface area (Å²) in [5.74, 6) is -0.352. The molecule has 0 aromatic carbocycles. The lowest BCUT2D eigenvalue weighted by Crippen LogP contribution is -2.37. The average Bonchev–Trinajstić information content (AvgIpc) is 2.36. The first-order valence-electron chi connectivity index (χ1n) is 5.78. The molecule has 102 valence electrons. The van der Waals surface area contributed by atoms with Gasteiger partial charge in [-0.05, 0) is 12.8 Å². The number of nitrogens with zero attached hydrogens (tertiary/aromatic N) is 1. The molecule has 0 aliphatic rings. The van der Waals surface area contributed by atoms with E-state index in [1.807, 2.05) is 0 Å². The van der Waals surface area contributed by atoms with Crippen LogP contribution in [0.2, 0.25) is 0 Å². The maximum absolute atomic E-state index is 12.9. The molecule has 0 unspecified atom stereocenters. The van der Waals surface area contributed by atoms with E-state index in [4.69, 9.17) is 16.3 Å². The van der Waals surface area contributed by atoms with Crippen LogP contribution in [0.3, 0.4) is 0 Å². The van der Waals surface area contributed by atoms with E-state index in [-0.39, 0.29) is 6.73 Å². The molecule has 18 heavy (non-hydrogen) atoms. The normalized spacial score (nSPS) is 10.8. The van der Waals surface area contributed by atoms with Crippen LogP contribution in [0.25, 0.3) is 0 Å². The predicted octanol–water partition coefficient (Wildman–Crippen LogP) is 1.45. The highest BCUT2D eigenvalue weighted by Gasteiger charge is 2.05. The van der Waals surface area contributed by atoms with Crippen LogP contribution >= 0.6 is 11.6 Å². The molecule has 1 aromatic rings. The molecular formula is C11H16ClFN2O3. The molecule has 0 aliphatic heterocycles. The standard InChI is InChI=1S/C11H16ClFN2O3/c12-5-3-1-2-4-6-18-8-15-10(16)9(13)7-14-11(15)17/h7H,1-6,8H2,(H,14,17). The van der Waals surface area contributed by atoms with E-state index in [1.54, 1.807) is 0 Å². The van der Waals surface area contributed by atoms with Gasteiger partial charge in [0.2, 0.25) is 5.82 Å². The Kier molecular flexibility index (Phi) is 6.67. The second-order valence-corrected chi connectivity index (χ2v) is 4.19. The molecule has 0 spiro atoms. The molecule has 0 bridgehead atoms. The van der Waals surface area contributed by atoms with Gasteiger partial charge in [0.05, 0.1) is 0 Å². The summed E-state index contributed by atoms with van der Waals surface area (Å²) in [5.41, 5.74) is -1.65. The Balaban J connectivity index is 2.34. The predicted molar refractivity (Wildman–Crippen MR) is 66.4 cm³/mol. The van der Waals surface area contributed by atoms with Crippen LogP contribution in [0, 0.1) is 5.82 Å². The molecule has 0 radical (unpaired) electrons. The van der Waals surface area contributed by atoms with E-state index >= 15 is 0 Å². The number of hydrogen-bond donors (Lipinski definition) is 1. The maximum Gasteiger partial charge on any atom is 0.330 e. The van der Waals surface area contributed by atoms with Gasteiger partial charge >= 0.3 is 5.69 Å². The van der Waals surface area contributed by atoms with E-state index in [0.717, 1.165) is 31.9 Å². The molecule has 1 heterocycles. The maximum atomic E-state index is 12.9. The third kappa shape index (κ3) is 4.62. The smallest absolute Gasteiger partial charge is 0.330 e. The van der Waals surface area contributed by atoms with Crippen LogP contribution in [0.4, 0.5) is 4.39 Å². The second-order valence-electron chi connectivity index (χ2n) is 3.82. The number of hydrogen-bond acceptors (Lipinski definition) is 3. The number of nitrogens with one attached hydrogen (secondary N) is 1. The summed E-state index contributed by atoms with van der Waals surface area (Å²) in [6, 6.07) is 0. The molecule has 0 saturated heterocycles. The molecule has 7 heteroatoms. The van der Waals surface area contributed by atoms with Gasteiger partial charge in [-0.1, -0.05) is 12.8 Å². The van der Waals surface area contributed by atoms with Crippen LogP contribution in [-0.2, 0) is 11.5 Å². The Labute approximate surface area is 109 Å². The summed E-state index contributed by atoms with van der Waals surface area (Å²) in [6.07, 6.45) is 4.52. The molecule has 1 N–H and O–H groups in total. The zero-order valence-corrected chi connectivity index (χ0v) is 10.7. The van der Waals surface area contributed by atoms with Crippen molar-refractivity contribution in [2.24, 2.45) is 0 Å². The average molecular weight is 279 g/mol. The van der Waals surface area contributed by atoms with Crippen LogP contribution in [-0.4, -0.2) is 22.0 Å². The van der Waals surface area contributed by atoms with Gasteiger partial charge < -0.3 is 9.72 Å². The van der Waals surface area contributed by atoms with E-state index in [0.29, 0.717) is 17.1 Å². The van der Waals surface area contributed by atoms with Gasteiger partial charge in [0, 0.05) is 18.7 Å². The van der Waals surface area contributed by atoms with Crippen molar-refractivity contribution >= 4 is 11.6 Å². The highest BCUT2D eigenvalue weighted by atomic mass is 35.5. The first-order chi connectivity index (χ1) is 8.66. The van der Waals surface area contributed by atoms with Crippen molar-refractivity contribution in [3.63, 3.8) is 0 Å². The fourth-order valence-electron chi connectivity index (χ4n) is 1.41. The summed E-state index contributed by atoms with van der Waals surface area (Å²) in [4.78, 5) is 24.6. The molecule has 0 saturated carbocycles. The molecule has 5 nitrogen and oxygen atoms in total. The lowest BCUT2D eigenvalue weighted by atomic mass is 10.2. The molecule has 0 amide bonds. The summed E-state index contributed by atoms with van der Waals surface area (Å²) in [7, 11) is 0. The Bertz CT molecular complexity index is 472. The largest absolute Gasteiger partial charge is 0.360 e. The minimum absolute atomic E-state index is 0.235. The van der Waals surface area contributed by atoms with Crippen molar-refractivity contribution in [3.05, 3.63) is 32.9 Å². The quantitative estimate of drug-likeness (QED) is 0.578. The Morgan fingerprint density at radius 2 is 2.00 bits per heavy atom. The van der Waals surface area contributed by atoms with Crippen molar-refractivity contribution in [2.75, 3.05) is 12.5 Å². The highest BCUT2D eigenvalue weighted by Crippen LogP contribution is 2.01. The number of aromatic amines is 1. The van der Waals surface area contributed by atoms with Crippen LogP contribution in [0.15, 0.2) is 15.8 Å². The van der Waals surface area contributed by atoms with Crippen LogP contribution in [0.1, 0.15) is 25.7 Å². The first-order valence-corrected chi connectivity index (χ1v) is 6.32. The van der Waals surface area contributed by atoms with Crippen LogP contribution < -0.4 is 11.2 Å². The number of aromatic nitrogens is 2. The Morgan fingerprint density at radius 1 is 1.28 bits per heavy atom. The number of H-pyrrole nitrogens is 1. The summed E-state index contributed by atoms with van der Waals surface area (Å²) < 4.78 is 18.8. The van der Waals surface area contributed by atoms with Gasteiger partial charge in [-0.25, -0.2) is 9.36 Å². The molecular weight excluding hydrogens is 263 g/mol. The number of halogens is 2. The lowest BCUT2D eigenvalue weighted by Gasteiger charge is -2.05. The molecule has 0 fully saturated rings. The summed E-state index contributed by atoms with van der Waals surface area (Å²) in [5, 5.41) is 0. The summed E-state index contributed by atoms with van der Waals surface area (Å²) in [6.45, 7) is 0.187.